The maximum atomic E-state index is 12.7. The molecule has 0 radical (unpaired) electrons. The van der Waals surface area contributed by atoms with Crippen molar-refractivity contribution in [2.75, 3.05) is 31.5 Å². The Morgan fingerprint density at radius 3 is 2.41 bits per heavy atom. The minimum absolute atomic E-state index is 0.0111. The highest BCUT2D eigenvalue weighted by Gasteiger charge is 2.31. The zero-order valence-electron chi connectivity index (χ0n) is 20.4. The van der Waals surface area contributed by atoms with Crippen molar-refractivity contribution in [3.63, 3.8) is 0 Å². The lowest BCUT2D eigenvalue weighted by atomic mass is 9.89. The number of alkyl halides is 3. The van der Waals surface area contributed by atoms with Crippen molar-refractivity contribution >= 4 is 23.4 Å². The summed E-state index contributed by atoms with van der Waals surface area (Å²) in [5.74, 6) is -0.400. The normalized spacial score (nSPS) is 17.0. The molecule has 0 unspecified atom stereocenters. The number of carbonyl (C=O) groups is 3. The number of amides is 3. The number of rotatable bonds is 7. The fourth-order valence-electron chi connectivity index (χ4n) is 4.84. The Balaban J connectivity index is 1.24. The van der Waals surface area contributed by atoms with E-state index in [0.717, 1.165) is 31.2 Å². The van der Waals surface area contributed by atoms with Crippen molar-refractivity contribution in [1.82, 2.24) is 9.80 Å². The monoisotopic (exact) mass is 517 g/mol. The van der Waals surface area contributed by atoms with E-state index in [2.05, 4.69) is 10.1 Å². The Hall–Kier alpha value is -3.56. The van der Waals surface area contributed by atoms with E-state index in [-0.39, 0.29) is 42.4 Å². The molecule has 0 aromatic heterocycles. The van der Waals surface area contributed by atoms with Crippen LogP contribution < -0.4 is 10.1 Å². The Bertz CT molecular complexity index is 1110. The summed E-state index contributed by atoms with van der Waals surface area (Å²) in [6.45, 7) is 1.80. The zero-order chi connectivity index (χ0) is 26.4. The largest absolute Gasteiger partial charge is 0.573 e. The molecule has 2 saturated heterocycles. The first-order valence-electron chi connectivity index (χ1n) is 12.5. The van der Waals surface area contributed by atoms with E-state index in [1.807, 2.05) is 24.3 Å². The van der Waals surface area contributed by atoms with Gasteiger partial charge in [0.2, 0.25) is 17.7 Å². The third-order valence-corrected chi connectivity index (χ3v) is 6.76. The molecule has 198 valence electrons. The Labute approximate surface area is 213 Å². The zero-order valence-corrected chi connectivity index (χ0v) is 20.4. The fraction of sp³-hybridized carbons (Fsp3) is 0.444. The van der Waals surface area contributed by atoms with E-state index >= 15 is 0 Å². The number of piperidine rings is 2. The van der Waals surface area contributed by atoms with Gasteiger partial charge in [-0.25, -0.2) is 0 Å². The number of likely N-dealkylation sites (tertiary alicyclic amines) is 2. The minimum atomic E-state index is -4.78. The molecule has 2 fully saturated rings. The van der Waals surface area contributed by atoms with Gasteiger partial charge in [-0.15, -0.1) is 13.2 Å². The van der Waals surface area contributed by atoms with Crippen LogP contribution in [-0.2, 0) is 20.8 Å². The maximum absolute atomic E-state index is 12.7. The molecule has 2 aliphatic heterocycles. The molecule has 4 rings (SSSR count). The average Bonchev–Trinajstić information content (AvgIpc) is 2.85. The Morgan fingerprint density at radius 1 is 1.00 bits per heavy atom. The van der Waals surface area contributed by atoms with Gasteiger partial charge in [0.05, 0.1) is 13.0 Å². The SMILES string of the molecule is O=C(CN1CCCCC1=O)Nc1ccc(C2CCN(C(=O)Cc3cccc(OC(F)(F)F)c3)CC2)cc1. The molecule has 2 aromatic carbocycles. The summed E-state index contributed by atoms with van der Waals surface area (Å²) in [5, 5.41) is 2.84. The smallest absolute Gasteiger partial charge is 0.406 e. The van der Waals surface area contributed by atoms with Gasteiger partial charge in [-0.3, -0.25) is 14.4 Å². The van der Waals surface area contributed by atoms with Crippen LogP contribution in [0.2, 0.25) is 0 Å². The highest BCUT2D eigenvalue weighted by Crippen LogP contribution is 2.29. The number of ether oxygens (including phenoxy) is 1. The van der Waals surface area contributed by atoms with Crippen LogP contribution in [-0.4, -0.2) is 60.1 Å². The molecule has 3 amide bonds. The lowest BCUT2D eigenvalue weighted by Gasteiger charge is -2.32. The number of hydrogen-bond acceptors (Lipinski definition) is 4. The van der Waals surface area contributed by atoms with Crippen LogP contribution >= 0.6 is 0 Å². The molecule has 0 bridgehead atoms. The number of benzene rings is 2. The van der Waals surface area contributed by atoms with E-state index in [0.29, 0.717) is 37.3 Å². The molecule has 37 heavy (non-hydrogen) atoms. The van der Waals surface area contributed by atoms with E-state index in [1.54, 1.807) is 15.9 Å². The van der Waals surface area contributed by atoms with Crippen LogP contribution in [0.4, 0.5) is 18.9 Å². The standard InChI is InChI=1S/C27H30F3N3O4/c28-27(29,30)37-23-5-3-4-19(16-23)17-26(36)32-14-11-21(12-15-32)20-7-9-22(10-8-20)31-24(34)18-33-13-2-1-6-25(33)35/h3-5,7-10,16,21H,1-2,6,11-15,17-18H2,(H,31,34). The topological polar surface area (TPSA) is 79.0 Å². The van der Waals surface area contributed by atoms with Crippen molar-refractivity contribution in [3.05, 3.63) is 59.7 Å². The lowest BCUT2D eigenvalue weighted by molar-refractivity contribution is -0.274. The predicted octanol–water partition coefficient (Wildman–Crippen LogP) is 4.48. The second kappa shape index (κ2) is 11.7. The Kier molecular flexibility index (Phi) is 8.35. The highest BCUT2D eigenvalue weighted by atomic mass is 19.4. The fourth-order valence-corrected chi connectivity index (χ4v) is 4.84. The van der Waals surface area contributed by atoms with Crippen LogP contribution in [0.15, 0.2) is 48.5 Å². The van der Waals surface area contributed by atoms with Gasteiger partial charge in [0.25, 0.3) is 0 Å². The number of nitrogens with one attached hydrogen (secondary N) is 1. The van der Waals surface area contributed by atoms with Gasteiger partial charge in [0.1, 0.15) is 5.75 Å². The summed E-state index contributed by atoms with van der Waals surface area (Å²) >= 11 is 0. The molecule has 2 aliphatic rings. The van der Waals surface area contributed by atoms with Crippen LogP contribution in [0.3, 0.4) is 0 Å². The number of hydrogen-bond donors (Lipinski definition) is 1. The molecule has 0 atom stereocenters. The third kappa shape index (κ3) is 7.71. The van der Waals surface area contributed by atoms with Crippen molar-refractivity contribution in [2.45, 2.75) is 50.8 Å². The second-order valence-corrected chi connectivity index (χ2v) is 9.47. The first-order chi connectivity index (χ1) is 17.7. The van der Waals surface area contributed by atoms with Crippen LogP contribution in [0, 0.1) is 0 Å². The first kappa shape index (κ1) is 26.5. The molecule has 1 N–H and O–H groups in total. The van der Waals surface area contributed by atoms with Gasteiger partial charge < -0.3 is 19.9 Å². The van der Waals surface area contributed by atoms with E-state index in [1.165, 1.54) is 18.2 Å². The number of nitrogens with zero attached hydrogens (tertiary/aromatic N) is 2. The molecule has 7 nitrogen and oxygen atoms in total. The van der Waals surface area contributed by atoms with Gasteiger partial charge >= 0.3 is 6.36 Å². The number of anilines is 1. The average molecular weight is 518 g/mol. The number of halogens is 3. The van der Waals surface area contributed by atoms with E-state index < -0.39 is 6.36 Å². The maximum Gasteiger partial charge on any atom is 0.573 e. The minimum Gasteiger partial charge on any atom is -0.406 e. The quantitative estimate of drug-likeness (QED) is 0.587. The van der Waals surface area contributed by atoms with Gasteiger partial charge in [0.15, 0.2) is 0 Å². The van der Waals surface area contributed by atoms with Gasteiger partial charge in [-0.1, -0.05) is 24.3 Å². The Morgan fingerprint density at radius 2 is 1.73 bits per heavy atom. The first-order valence-corrected chi connectivity index (χ1v) is 12.5. The molecule has 0 saturated carbocycles. The molecular formula is C27H30F3N3O4. The van der Waals surface area contributed by atoms with Crippen molar-refractivity contribution in [3.8, 4) is 5.75 Å². The van der Waals surface area contributed by atoms with Crippen LogP contribution in [0.1, 0.15) is 49.1 Å². The van der Waals surface area contributed by atoms with E-state index in [9.17, 15) is 27.6 Å². The molecule has 10 heteroatoms. The summed E-state index contributed by atoms with van der Waals surface area (Å²) in [5.41, 5.74) is 2.26. The molecule has 0 aliphatic carbocycles. The van der Waals surface area contributed by atoms with Crippen molar-refractivity contribution in [1.29, 1.82) is 0 Å². The lowest BCUT2D eigenvalue weighted by Crippen LogP contribution is -2.40. The van der Waals surface area contributed by atoms with Gasteiger partial charge in [-0.2, -0.15) is 0 Å². The van der Waals surface area contributed by atoms with Crippen molar-refractivity contribution in [2.24, 2.45) is 0 Å². The molecular weight excluding hydrogens is 487 g/mol. The summed E-state index contributed by atoms with van der Waals surface area (Å²) in [4.78, 5) is 40.3. The summed E-state index contributed by atoms with van der Waals surface area (Å²) in [6.07, 6.45) is -0.935. The third-order valence-electron chi connectivity index (χ3n) is 6.76. The van der Waals surface area contributed by atoms with Gasteiger partial charge in [-0.05, 0) is 67.0 Å². The summed E-state index contributed by atoms with van der Waals surface area (Å²) in [6, 6.07) is 13.1. The van der Waals surface area contributed by atoms with Crippen molar-refractivity contribution < 1.29 is 32.3 Å². The highest BCUT2D eigenvalue weighted by molar-refractivity contribution is 5.94. The summed E-state index contributed by atoms with van der Waals surface area (Å²) in [7, 11) is 0. The van der Waals surface area contributed by atoms with Crippen LogP contribution in [0.5, 0.6) is 5.75 Å². The predicted molar refractivity (Wildman–Crippen MR) is 131 cm³/mol. The number of carbonyl (C=O) groups excluding carboxylic acids is 3. The van der Waals surface area contributed by atoms with Crippen LogP contribution in [0.25, 0.3) is 0 Å². The van der Waals surface area contributed by atoms with Gasteiger partial charge in [0, 0.05) is 31.7 Å². The molecule has 2 heterocycles. The molecule has 2 aromatic rings. The summed E-state index contributed by atoms with van der Waals surface area (Å²) < 4.78 is 41.3. The second-order valence-electron chi connectivity index (χ2n) is 9.47. The van der Waals surface area contributed by atoms with E-state index in [4.69, 9.17) is 0 Å². The molecule has 0 spiro atoms.